The molecule has 3 rings (SSSR count). The number of aromatic nitrogens is 2. The molecule has 1 aliphatic heterocycles. The number of para-hydroxylation sites is 1. The number of hydrogen-bond acceptors (Lipinski definition) is 3. The van der Waals surface area contributed by atoms with Gasteiger partial charge in [0.05, 0.1) is 22.9 Å². The number of Topliss-reactive ketones (excluding diaryl/α,β-unsaturated/α-hetero) is 1. The Bertz CT molecular complexity index is 599. The molecule has 0 aliphatic carbocycles. The number of benzene rings is 1. The molecule has 1 aromatic heterocycles. The summed E-state index contributed by atoms with van der Waals surface area (Å²) in [5.74, 6) is 1.47. The van der Waals surface area contributed by atoms with Gasteiger partial charge in [-0.15, -0.1) is 0 Å². The monoisotopic (exact) mass is 274 g/mol. The lowest BCUT2D eigenvalue weighted by Gasteiger charge is -2.19. The van der Waals surface area contributed by atoms with Gasteiger partial charge in [0.2, 0.25) is 0 Å². The SMILES string of the molecule is Cn1nc(CC(=O)C2CCCCS2)c2ccccc21. The van der Waals surface area contributed by atoms with Crippen LogP contribution in [0.4, 0.5) is 0 Å². The lowest BCUT2D eigenvalue weighted by molar-refractivity contribution is -0.118. The zero-order valence-electron chi connectivity index (χ0n) is 11.1. The topological polar surface area (TPSA) is 34.9 Å². The molecule has 1 atom stereocenters. The summed E-state index contributed by atoms with van der Waals surface area (Å²) in [5, 5.41) is 5.81. The third kappa shape index (κ3) is 2.54. The van der Waals surface area contributed by atoms with E-state index in [1.54, 1.807) is 0 Å². The van der Waals surface area contributed by atoms with E-state index in [9.17, 15) is 4.79 Å². The summed E-state index contributed by atoms with van der Waals surface area (Å²) in [4.78, 5) is 12.4. The van der Waals surface area contributed by atoms with Crippen LogP contribution in [-0.2, 0) is 18.3 Å². The lowest BCUT2D eigenvalue weighted by atomic mass is 10.0. The Labute approximate surface area is 117 Å². The fourth-order valence-electron chi connectivity index (χ4n) is 2.69. The number of rotatable bonds is 3. The Morgan fingerprint density at radius 1 is 1.42 bits per heavy atom. The molecule has 0 saturated carbocycles. The van der Waals surface area contributed by atoms with Gasteiger partial charge in [-0.25, -0.2) is 0 Å². The maximum atomic E-state index is 12.4. The number of ketones is 1. The second kappa shape index (κ2) is 5.37. The number of nitrogens with zero attached hydrogens (tertiary/aromatic N) is 2. The van der Waals surface area contributed by atoms with Crippen molar-refractivity contribution in [1.29, 1.82) is 0 Å². The van der Waals surface area contributed by atoms with E-state index in [0.717, 1.165) is 28.8 Å². The van der Waals surface area contributed by atoms with Gasteiger partial charge in [-0.3, -0.25) is 9.48 Å². The molecule has 1 unspecified atom stereocenters. The van der Waals surface area contributed by atoms with Gasteiger partial charge in [-0.2, -0.15) is 16.9 Å². The Hall–Kier alpha value is -1.29. The van der Waals surface area contributed by atoms with E-state index < -0.39 is 0 Å². The van der Waals surface area contributed by atoms with Crippen LogP contribution in [0, 0.1) is 0 Å². The van der Waals surface area contributed by atoms with Crippen LogP contribution in [0.1, 0.15) is 25.0 Å². The van der Waals surface area contributed by atoms with Crippen LogP contribution in [-0.4, -0.2) is 26.6 Å². The molecule has 1 aliphatic rings. The number of aryl methyl sites for hydroxylation is 1. The Morgan fingerprint density at radius 2 is 2.26 bits per heavy atom. The smallest absolute Gasteiger partial charge is 0.151 e. The van der Waals surface area contributed by atoms with E-state index in [1.165, 1.54) is 12.8 Å². The first-order chi connectivity index (χ1) is 9.25. The molecular formula is C15H18N2OS. The first-order valence-electron chi connectivity index (χ1n) is 6.80. The van der Waals surface area contributed by atoms with Crippen molar-refractivity contribution in [2.24, 2.45) is 7.05 Å². The van der Waals surface area contributed by atoms with Crippen molar-refractivity contribution in [3.8, 4) is 0 Å². The van der Waals surface area contributed by atoms with Gasteiger partial charge in [0.15, 0.2) is 5.78 Å². The second-order valence-electron chi connectivity index (χ2n) is 5.09. The molecule has 0 amide bonds. The van der Waals surface area contributed by atoms with E-state index in [0.29, 0.717) is 12.2 Å². The van der Waals surface area contributed by atoms with Gasteiger partial charge in [0, 0.05) is 12.4 Å². The Kier molecular flexibility index (Phi) is 3.60. The van der Waals surface area contributed by atoms with Crippen LogP contribution >= 0.6 is 11.8 Å². The second-order valence-corrected chi connectivity index (χ2v) is 6.40. The fraction of sp³-hybridized carbons (Fsp3) is 0.467. The van der Waals surface area contributed by atoms with E-state index in [4.69, 9.17) is 0 Å². The summed E-state index contributed by atoms with van der Waals surface area (Å²) in [6.45, 7) is 0. The number of carbonyl (C=O) groups is 1. The van der Waals surface area contributed by atoms with E-state index in [-0.39, 0.29) is 5.25 Å². The van der Waals surface area contributed by atoms with Crippen molar-refractivity contribution in [3.63, 3.8) is 0 Å². The van der Waals surface area contributed by atoms with Crippen LogP contribution in [0.2, 0.25) is 0 Å². The molecule has 0 spiro atoms. The number of hydrogen-bond donors (Lipinski definition) is 0. The first-order valence-corrected chi connectivity index (χ1v) is 7.85. The summed E-state index contributed by atoms with van der Waals surface area (Å²) in [6.07, 6.45) is 3.95. The molecule has 1 fully saturated rings. The third-order valence-corrected chi connectivity index (χ3v) is 5.14. The van der Waals surface area contributed by atoms with Gasteiger partial charge in [0.25, 0.3) is 0 Å². The van der Waals surface area contributed by atoms with Gasteiger partial charge in [0.1, 0.15) is 0 Å². The lowest BCUT2D eigenvalue weighted by Crippen LogP contribution is -2.22. The molecule has 1 saturated heterocycles. The average molecular weight is 274 g/mol. The van der Waals surface area contributed by atoms with Gasteiger partial charge < -0.3 is 0 Å². The van der Waals surface area contributed by atoms with Crippen molar-refractivity contribution < 1.29 is 4.79 Å². The van der Waals surface area contributed by atoms with Crippen molar-refractivity contribution >= 4 is 28.4 Å². The standard InChI is InChI=1S/C15H18N2OS/c1-17-13-7-3-2-6-11(13)12(16-17)10-14(18)15-8-4-5-9-19-15/h2-3,6-7,15H,4-5,8-10H2,1H3. The van der Waals surface area contributed by atoms with Crippen LogP contribution in [0.5, 0.6) is 0 Å². The third-order valence-electron chi connectivity index (χ3n) is 3.71. The van der Waals surface area contributed by atoms with E-state index in [1.807, 2.05) is 41.7 Å². The highest BCUT2D eigenvalue weighted by molar-refractivity contribution is 8.00. The fourth-order valence-corrected chi connectivity index (χ4v) is 3.95. The van der Waals surface area contributed by atoms with Gasteiger partial charge in [-0.1, -0.05) is 24.6 Å². The highest BCUT2D eigenvalue weighted by Gasteiger charge is 2.23. The molecule has 0 N–H and O–H groups in total. The quantitative estimate of drug-likeness (QED) is 0.863. The number of thioether (sulfide) groups is 1. The molecule has 0 bridgehead atoms. The van der Waals surface area contributed by atoms with Crippen LogP contribution < -0.4 is 0 Å². The summed E-state index contributed by atoms with van der Waals surface area (Å²) in [5.41, 5.74) is 2.02. The minimum atomic E-state index is 0.189. The summed E-state index contributed by atoms with van der Waals surface area (Å²) >= 11 is 1.82. The van der Waals surface area contributed by atoms with Crippen LogP contribution in [0.25, 0.3) is 10.9 Å². The largest absolute Gasteiger partial charge is 0.298 e. The van der Waals surface area contributed by atoms with E-state index in [2.05, 4.69) is 11.2 Å². The minimum Gasteiger partial charge on any atom is -0.298 e. The predicted molar refractivity (Wildman–Crippen MR) is 79.5 cm³/mol. The molecule has 0 radical (unpaired) electrons. The van der Waals surface area contributed by atoms with Crippen molar-refractivity contribution in [2.45, 2.75) is 30.9 Å². The van der Waals surface area contributed by atoms with Crippen LogP contribution in [0.15, 0.2) is 24.3 Å². The van der Waals surface area contributed by atoms with Crippen LogP contribution in [0.3, 0.4) is 0 Å². The summed E-state index contributed by atoms with van der Waals surface area (Å²) < 4.78 is 1.87. The summed E-state index contributed by atoms with van der Waals surface area (Å²) in [6, 6.07) is 8.12. The predicted octanol–water partition coefficient (Wildman–Crippen LogP) is 2.97. The molecule has 100 valence electrons. The molecule has 4 heteroatoms. The van der Waals surface area contributed by atoms with Crippen molar-refractivity contribution in [1.82, 2.24) is 9.78 Å². The molecule has 19 heavy (non-hydrogen) atoms. The average Bonchev–Trinajstić information content (AvgIpc) is 2.77. The Balaban J connectivity index is 1.83. The molecule has 3 nitrogen and oxygen atoms in total. The molecule has 1 aromatic carbocycles. The molecular weight excluding hydrogens is 256 g/mol. The van der Waals surface area contributed by atoms with Gasteiger partial charge >= 0.3 is 0 Å². The minimum absolute atomic E-state index is 0.189. The number of fused-ring (bicyclic) bond motifs is 1. The normalized spacial score (nSPS) is 19.7. The molecule has 2 heterocycles. The van der Waals surface area contributed by atoms with Crippen molar-refractivity contribution in [3.05, 3.63) is 30.0 Å². The zero-order valence-corrected chi connectivity index (χ0v) is 11.9. The molecule has 2 aromatic rings. The van der Waals surface area contributed by atoms with E-state index >= 15 is 0 Å². The highest BCUT2D eigenvalue weighted by atomic mass is 32.2. The van der Waals surface area contributed by atoms with Crippen molar-refractivity contribution in [2.75, 3.05) is 5.75 Å². The zero-order chi connectivity index (χ0) is 13.2. The summed E-state index contributed by atoms with van der Waals surface area (Å²) in [7, 11) is 1.94. The highest BCUT2D eigenvalue weighted by Crippen LogP contribution is 2.27. The number of carbonyl (C=O) groups excluding carboxylic acids is 1. The van der Waals surface area contributed by atoms with Gasteiger partial charge in [-0.05, 0) is 24.7 Å². The maximum absolute atomic E-state index is 12.4. The maximum Gasteiger partial charge on any atom is 0.151 e. The first kappa shape index (κ1) is 12.7. The Morgan fingerprint density at radius 3 is 3.05 bits per heavy atom.